The second-order valence-corrected chi connectivity index (χ2v) is 4.14. The summed E-state index contributed by atoms with van der Waals surface area (Å²) < 4.78 is 0. The summed E-state index contributed by atoms with van der Waals surface area (Å²) in [6, 6.07) is 6.15. The summed E-state index contributed by atoms with van der Waals surface area (Å²) in [4.78, 5) is 14.1. The summed E-state index contributed by atoms with van der Waals surface area (Å²) in [5.74, 6) is -0.0126. The Bertz CT molecular complexity index is 530. The molecule has 1 heterocycles. The van der Waals surface area contributed by atoms with Crippen molar-refractivity contribution in [3.63, 3.8) is 0 Å². The van der Waals surface area contributed by atoms with Gasteiger partial charge in [0.25, 0.3) is 0 Å². The van der Waals surface area contributed by atoms with Crippen molar-refractivity contribution in [3.05, 3.63) is 35.5 Å². The van der Waals surface area contributed by atoms with Crippen LogP contribution in [0.25, 0.3) is 10.9 Å². The van der Waals surface area contributed by atoms with E-state index >= 15 is 0 Å². The molecular formula is C13H17N3O. The zero-order valence-corrected chi connectivity index (χ0v) is 9.92. The predicted octanol–water partition coefficient (Wildman–Crippen LogP) is 1.31. The molecule has 0 fully saturated rings. The van der Waals surface area contributed by atoms with Gasteiger partial charge in [0.05, 0.1) is 0 Å². The first-order valence-corrected chi connectivity index (χ1v) is 5.74. The van der Waals surface area contributed by atoms with Crippen molar-refractivity contribution < 1.29 is 4.79 Å². The number of carbonyl (C=O) groups is 1. The Balaban J connectivity index is 2.27. The molecule has 0 atom stereocenters. The minimum atomic E-state index is -0.0126. The molecule has 2 aromatic rings. The fourth-order valence-electron chi connectivity index (χ4n) is 1.92. The summed E-state index contributed by atoms with van der Waals surface area (Å²) in [6.45, 7) is 2.73. The normalized spacial score (nSPS) is 10.7. The third-order valence-corrected chi connectivity index (χ3v) is 2.79. The standard InChI is InChI=1S/C13H17N3O/c1-9(17)15-7-10-2-3-13-12(6-10)11(4-5-14)8-16-13/h2-3,6,8,16H,4-5,7,14H2,1H3,(H,15,17). The minimum Gasteiger partial charge on any atom is -0.361 e. The van der Waals surface area contributed by atoms with Crippen LogP contribution < -0.4 is 11.1 Å². The van der Waals surface area contributed by atoms with Gasteiger partial charge in [0.1, 0.15) is 0 Å². The first-order valence-electron chi connectivity index (χ1n) is 5.74. The molecule has 0 aliphatic rings. The minimum absolute atomic E-state index is 0.0126. The van der Waals surface area contributed by atoms with E-state index in [0.717, 1.165) is 17.5 Å². The second-order valence-electron chi connectivity index (χ2n) is 4.14. The molecule has 1 aromatic carbocycles. The first-order chi connectivity index (χ1) is 8.20. The SMILES string of the molecule is CC(=O)NCc1ccc2[nH]cc(CCN)c2c1. The molecule has 1 amide bonds. The molecule has 4 N–H and O–H groups in total. The molecule has 1 aromatic heterocycles. The summed E-state index contributed by atoms with van der Waals surface area (Å²) in [7, 11) is 0. The highest BCUT2D eigenvalue weighted by Crippen LogP contribution is 2.20. The maximum atomic E-state index is 10.9. The molecule has 0 saturated heterocycles. The van der Waals surface area contributed by atoms with Gasteiger partial charge in [0, 0.05) is 30.6 Å². The van der Waals surface area contributed by atoms with Crippen LogP contribution in [-0.2, 0) is 17.8 Å². The molecule has 4 nitrogen and oxygen atoms in total. The van der Waals surface area contributed by atoms with Gasteiger partial charge in [-0.2, -0.15) is 0 Å². The van der Waals surface area contributed by atoms with Gasteiger partial charge in [0.2, 0.25) is 5.91 Å². The van der Waals surface area contributed by atoms with E-state index in [4.69, 9.17) is 5.73 Å². The Morgan fingerprint density at radius 3 is 3.00 bits per heavy atom. The number of aromatic amines is 1. The fourth-order valence-corrected chi connectivity index (χ4v) is 1.92. The largest absolute Gasteiger partial charge is 0.361 e. The van der Waals surface area contributed by atoms with Gasteiger partial charge in [0.15, 0.2) is 0 Å². The van der Waals surface area contributed by atoms with E-state index in [-0.39, 0.29) is 5.91 Å². The van der Waals surface area contributed by atoms with Crippen LogP contribution >= 0.6 is 0 Å². The van der Waals surface area contributed by atoms with Crippen molar-refractivity contribution in [3.8, 4) is 0 Å². The molecule has 0 aliphatic heterocycles. The topological polar surface area (TPSA) is 70.9 Å². The Morgan fingerprint density at radius 2 is 2.29 bits per heavy atom. The highest BCUT2D eigenvalue weighted by molar-refractivity contribution is 5.84. The molecule has 4 heteroatoms. The maximum absolute atomic E-state index is 10.9. The quantitative estimate of drug-likeness (QED) is 0.742. The third-order valence-electron chi connectivity index (χ3n) is 2.79. The lowest BCUT2D eigenvalue weighted by Gasteiger charge is -2.03. The average Bonchev–Trinajstić information content (AvgIpc) is 2.70. The highest BCUT2D eigenvalue weighted by Gasteiger charge is 2.04. The number of benzene rings is 1. The summed E-state index contributed by atoms with van der Waals surface area (Å²) >= 11 is 0. The summed E-state index contributed by atoms with van der Waals surface area (Å²) in [5.41, 5.74) is 9.02. The number of fused-ring (bicyclic) bond motifs is 1. The van der Waals surface area contributed by atoms with Crippen molar-refractivity contribution >= 4 is 16.8 Å². The molecule has 90 valence electrons. The summed E-state index contributed by atoms with van der Waals surface area (Å²) in [5, 5.41) is 3.99. The van der Waals surface area contributed by atoms with Gasteiger partial charge in [-0.3, -0.25) is 4.79 Å². The van der Waals surface area contributed by atoms with Crippen LogP contribution in [0.3, 0.4) is 0 Å². The number of hydrogen-bond donors (Lipinski definition) is 3. The van der Waals surface area contributed by atoms with Crippen molar-refractivity contribution in [2.45, 2.75) is 19.9 Å². The smallest absolute Gasteiger partial charge is 0.217 e. The monoisotopic (exact) mass is 231 g/mol. The molecule has 17 heavy (non-hydrogen) atoms. The number of carbonyl (C=O) groups excluding carboxylic acids is 1. The van der Waals surface area contributed by atoms with Gasteiger partial charge in [-0.15, -0.1) is 0 Å². The van der Waals surface area contributed by atoms with Crippen LogP contribution in [0.15, 0.2) is 24.4 Å². The Labute approximate surface area is 100 Å². The van der Waals surface area contributed by atoms with Gasteiger partial charge in [-0.25, -0.2) is 0 Å². The number of H-pyrrole nitrogens is 1. The summed E-state index contributed by atoms with van der Waals surface area (Å²) in [6.07, 6.45) is 2.86. The van der Waals surface area contributed by atoms with E-state index in [1.165, 1.54) is 17.9 Å². The molecule has 0 spiro atoms. The van der Waals surface area contributed by atoms with Gasteiger partial charge in [-0.1, -0.05) is 6.07 Å². The molecule has 0 radical (unpaired) electrons. The Kier molecular flexibility index (Phi) is 3.44. The molecular weight excluding hydrogens is 214 g/mol. The number of hydrogen-bond acceptors (Lipinski definition) is 2. The van der Waals surface area contributed by atoms with E-state index in [0.29, 0.717) is 13.1 Å². The highest BCUT2D eigenvalue weighted by atomic mass is 16.1. The maximum Gasteiger partial charge on any atom is 0.217 e. The molecule has 0 bridgehead atoms. The average molecular weight is 231 g/mol. The van der Waals surface area contributed by atoms with Crippen molar-refractivity contribution in [1.29, 1.82) is 0 Å². The number of nitrogens with one attached hydrogen (secondary N) is 2. The zero-order chi connectivity index (χ0) is 12.3. The Morgan fingerprint density at radius 1 is 1.47 bits per heavy atom. The predicted molar refractivity (Wildman–Crippen MR) is 68.6 cm³/mol. The lowest BCUT2D eigenvalue weighted by atomic mass is 10.1. The molecule has 0 unspecified atom stereocenters. The van der Waals surface area contributed by atoms with Gasteiger partial charge >= 0.3 is 0 Å². The van der Waals surface area contributed by atoms with E-state index in [1.54, 1.807) is 0 Å². The lowest BCUT2D eigenvalue weighted by Crippen LogP contribution is -2.18. The molecule has 0 saturated carbocycles. The van der Waals surface area contributed by atoms with E-state index in [9.17, 15) is 4.79 Å². The van der Waals surface area contributed by atoms with Crippen molar-refractivity contribution in [2.75, 3.05) is 6.54 Å². The molecule has 0 aliphatic carbocycles. The number of amides is 1. The van der Waals surface area contributed by atoms with Crippen LogP contribution in [0.4, 0.5) is 0 Å². The van der Waals surface area contributed by atoms with Crippen LogP contribution in [0.5, 0.6) is 0 Å². The van der Waals surface area contributed by atoms with Crippen LogP contribution in [0.2, 0.25) is 0 Å². The van der Waals surface area contributed by atoms with Crippen LogP contribution in [-0.4, -0.2) is 17.4 Å². The molecule has 2 rings (SSSR count). The van der Waals surface area contributed by atoms with Gasteiger partial charge in [-0.05, 0) is 36.2 Å². The zero-order valence-electron chi connectivity index (χ0n) is 9.92. The van der Waals surface area contributed by atoms with Crippen molar-refractivity contribution in [2.24, 2.45) is 5.73 Å². The van der Waals surface area contributed by atoms with E-state index in [2.05, 4.69) is 16.4 Å². The third kappa shape index (κ3) is 2.65. The van der Waals surface area contributed by atoms with E-state index in [1.807, 2.05) is 18.3 Å². The van der Waals surface area contributed by atoms with Gasteiger partial charge < -0.3 is 16.0 Å². The first kappa shape index (κ1) is 11.7. The lowest BCUT2D eigenvalue weighted by molar-refractivity contribution is -0.119. The van der Waals surface area contributed by atoms with Crippen LogP contribution in [0, 0.1) is 0 Å². The number of aromatic nitrogens is 1. The van der Waals surface area contributed by atoms with Crippen molar-refractivity contribution in [1.82, 2.24) is 10.3 Å². The fraction of sp³-hybridized carbons (Fsp3) is 0.308. The second kappa shape index (κ2) is 5.01. The van der Waals surface area contributed by atoms with E-state index < -0.39 is 0 Å². The number of nitrogens with two attached hydrogens (primary N) is 1. The van der Waals surface area contributed by atoms with Crippen LogP contribution in [0.1, 0.15) is 18.1 Å². The number of rotatable bonds is 4. The Hall–Kier alpha value is -1.81.